The number of hydrogen-bond acceptors (Lipinski definition) is 3. The summed E-state index contributed by atoms with van der Waals surface area (Å²) >= 11 is 0. The largest absolute Gasteiger partial charge is 0.356 e. The van der Waals surface area contributed by atoms with E-state index in [9.17, 15) is 13.4 Å². The second kappa shape index (κ2) is 9.20. The summed E-state index contributed by atoms with van der Waals surface area (Å²) < 4.78 is 26.4. The molecule has 4 aromatic rings. The molecular formula is C23H21FN4O2S. The molecule has 0 bridgehead atoms. The van der Waals surface area contributed by atoms with Gasteiger partial charge in [0.15, 0.2) is 0 Å². The predicted octanol–water partition coefficient (Wildman–Crippen LogP) is 3.91. The van der Waals surface area contributed by atoms with Crippen molar-refractivity contribution < 1.29 is 13.4 Å². The normalized spacial score (nSPS) is 14.1. The Morgan fingerprint density at radius 3 is 2.55 bits per heavy atom. The van der Waals surface area contributed by atoms with E-state index < -0.39 is 11.0 Å². The highest BCUT2D eigenvalue weighted by molar-refractivity contribution is 7.82. The summed E-state index contributed by atoms with van der Waals surface area (Å²) in [5, 5.41) is 9.12. The molecule has 3 heterocycles. The Balaban J connectivity index is 0.000000334. The first-order chi connectivity index (χ1) is 15.0. The summed E-state index contributed by atoms with van der Waals surface area (Å²) in [6.45, 7) is 0.888. The average molecular weight is 437 g/mol. The highest BCUT2D eigenvalue weighted by Crippen LogP contribution is 2.31. The standard InChI is InChI=1S/C19H14FN3OS.C4H7NO/c20-17-10-12(16-3-1-2-4-18(16)25(21)24)5-6-15(17)14-9-13-7-8-22-19(13)23-11-14;6-4-2-1-3-5-4/h1-11H,21H2,(H,22,23);1-3H2,(H,5,6). The van der Waals surface area contributed by atoms with E-state index in [0.717, 1.165) is 30.4 Å². The fraction of sp³-hybridized carbons (Fsp3) is 0.130. The summed E-state index contributed by atoms with van der Waals surface area (Å²) in [5.41, 5.74) is 3.22. The number of aromatic nitrogens is 2. The molecule has 1 amide bonds. The van der Waals surface area contributed by atoms with E-state index in [1.807, 2.05) is 12.1 Å². The number of aromatic amines is 1. The molecule has 2 aromatic carbocycles. The maximum Gasteiger partial charge on any atom is 0.220 e. The molecule has 0 spiro atoms. The number of nitrogens with two attached hydrogens (primary N) is 1. The van der Waals surface area contributed by atoms with Crippen molar-refractivity contribution >= 4 is 27.9 Å². The number of carbonyl (C=O) groups excluding carboxylic acids is 1. The van der Waals surface area contributed by atoms with Gasteiger partial charge in [-0.05, 0) is 41.8 Å². The molecule has 31 heavy (non-hydrogen) atoms. The third-order valence-corrected chi connectivity index (χ3v) is 5.79. The highest BCUT2D eigenvalue weighted by atomic mass is 32.2. The lowest BCUT2D eigenvalue weighted by Gasteiger charge is -2.10. The van der Waals surface area contributed by atoms with Gasteiger partial charge >= 0.3 is 0 Å². The van der Waals surface area contributed by atoms with Gasteiger partial charge in [-0.15, -0.1) is 0 Å². The zero-order chi connectivity index (χ0) is 21.8. The van der Waals surface area contributed by atoms with Crippen LogP contribution in [0.2, 0.25) is 0 Å². The zero-order valence-corrected chi connectivity index (χ0v) is 17.4. The van der Waals surface area contributed by atoms with Gasteiger partial charge in [0.2, 0.25) is 5.91 Å². The second-order valence-electron chi connectivity index (χ2n) is 7.08. The molecule has 1 fully saturated rings. The van der Waals surface area contributed by atoms with Crippen LogP contribution in [0, 0.1) is 5.82 Å². The van der Waals surface area contributed by atoms with Crippen molar-refractivity contribution in [1.82, 2.24) is 15.3 Å². The lowest BCUT2D eigenvalue weighted by Crippen LogP contribution is -2.12. The van der Waals surface area contributed by atoms with Crippen molar-refractivity contribution in [1.29, 1.82) is 0 Å². The molecule has 1 unspecified atom stereocenters. The third kappa shape index (κ3) is 4.70. The van der Waals surface area contributed by atoms with Crippen LogP contribution >= 0.6 is 0 Å². The van der Waals surface area contributed by atoms with E-state index in [0.29, 0.717) is 27.1 Å². The fourth-order valence-electron chi connectivity index (χ4n) is 3.45. The van der Waals surface area contributed by atoms with Gasteiger partial charge in [0.25, 0.3) is 0 Å². The minimum Gasteiger partial charge on any atom is -0.356 e. The van der Waals surface area contributed by atoms with E-state index in [1.165, 1.54) is 6.07 Å². The first kappa shape index (κ1) is 20.9. The Bertz CT molecular complexity index is 1260. The number of benzene rings is 2. The molecule has 0 saturated carbocycles. The maximum absolute atomic E-state index is 14.7. The Morgan fingerprint density at radius 2 is 1.87 bits per heavy atom. The topological polar surface area (TPSA) is 101 Å². The van der Waals surface area contributed by atoms with Crippen molar-refractivity contribution in [3.05, 3.63) is 72.8 Å². The van der Waals surface area contributed by atoms with Gasteiger partial charge in [-0.1, -0.05) is 30.3 Å². The van der Waals surface area contributed by atoms with E-state index in [2.05, 4.69) is 15.3 Å². The molecular weight excluding hydrogens is 415 g/mol. The van der Waals surface area contributed by atoms with Gasteiger partial charge in [-0.2, -0.15) is 0 Å². The number of amides is 1. The van der Waals surface area contributed by atoms with Crippen LogP contribution in [0.5, 0.6) is 0 Å². The van der Waals surface area contributed by atoms with Crippen LogP contribution in [0.4, 0.5) is 4.39 Å². The summed E-state index contributed by atoms with van der Waals surface area (Å²) in [4.78, 5) is 17.9. The van der Waals surface area contributed by atoms with Crippen LogP contribution in [0.1, 0.15) is 12.8 Å². The Morgan fingerprint density at radius 1 is 1.03 bits per heavy atom. The molecule has 0 aliphatic carbocycles. The molecule has 0 radical (unpaired) electrons. The number of fused-ring (bicyclic) bond motifs is 1. The van der Waals surface area contributed by atoms with Gasteiger partial charge in [-0.3, -0.25) is 4.79 Å². The number of H-pyrrole nitrogens is 1. The summed E-state index contributed by atoms with van der Waals surface area (Å²) in [6, 6.07) is 15.7. The highest BCUT2D eigenvalue weighted by Gasteiger charge is 2.12. The minimum atomic E-state index is -1.64. The lowest BCUT2D eigenvalue weighted by molar-refractivity contribution is -0.119. The summed E-state index contributed by atoms with van der Waals surface area (Å²) in [5.74, 6) is -0.165. The minimum absolute atomic E-state index is 0.204. The molecule has 1 aliphatic rings. The lowest BCUT2D eigenvalue weighted by atomic mass is 10.00. The number of carbonyl (C=O) groups is 1. The first-order valence-corrected chi connectivity index (χ1v) is 11.0. The van der Waals surface area contributed by atoms with Gasteiger partial charge in [0, 0.05) is 41.9 Å². The van der Waals surface area contributed by atoms with Crippen LogP contribution in [0.25, 0.3) is 33.3 Å². The number of pyridine rings is 1. The van der Waals surface area contributed by atoms with Crippen LogP contribution in [0.3, 0.4) is 0 Å². The molecule has 158 valence electrons. The Kier molecular flexibility index (Phi) is 6.20. The SMILES string of the molecule is NS(=O)c1ccccc1-c1ccc(-c2cnc3[nH]ccc3c2)c(F)c1.O=C1CCCN1. The molecule has 2 aromatic heterocycles. The maximum atomic E-state index is 14.7. The number of nitrogens with zero attached hydrogens (tertiary/aromatic N) is 1. The number of hydrogen-bond donors (Lipinski definition) is 3. The van der Waals surface area contributed by atoms with Crippen LogP contribution in [-0.2, 0) is 15.8 Å². The van der Waals surface area contributed by atoms with E-state index in [1.54, 1.807) is 48.8 Å². The van der Waals surface area contributed by atoms with Gasteiger partial charge in [0.05, 0.1) is 4.90 Å². The molecule has 8 heteroatoms. The average Bonchev–Trinajstić information content (AvgIpc) is 3.44. The van der Waals surface area contributed by atoms with E-state index >= 15 is 0 Å². The smallest absolute Gasteiger partial charge is 0.220 e. The van der Waals surface area contributed by atoms with Gasteiger partial charge in [-0.25, -0.2) is 18.7 Å². The predicted molar refractivity (Wildman–Crippen MR) is 120 cm³/mol. The van der Waals surface area contributed by atoms with E-state index in [4.69, 9.17) is 5.14 Å². The number of halogens is 1. The van der Waals surface area contributed by atoms with Crippen molar-refractivity contribution in [2.75, 3.05) is 6.54 Å². The van der Waals surface area contributed by atoms with Crippen LogP contribution in [-0.4, -0.2) is 26.6 Å². The third-order valence-electron chi connectivity index (χ3n) is 5.00. The van der Waals surface area contributed by atoms with Crippen LogP contribution < -0.4 is 10.5 Å². The molecule has 1 atom stereocenters. The van der Waals surface area contributed by atoms with Gasteiger partial charge in [0.1, 0.15) is 22.5 Å². The fourth-order valence-corrected chi connectivity index (χ4v) is 4.06. The Hall–Kier alpha value is -3.36. The second-order valence-corrected chi connectivity index (χ2v) is 8.12. The summed E-state index contributed by atoms with van der Waals surface area (Å²) in [6.07, 6.45) is 5.20. The van der Waals surface area contributed by atoms with Crippen molar-refractivity contribution in [2.45, 2.75) is 17.7 Å². The zero-order valence-electron chi connectivity index (χ0n) is 16.6. The summed E-state index contributed by atoms with van der Waals surface area (Å²) in [7, 11) is -1.64. The molecule has 1 aliphatic heterocycles. The molecule has 1 saturated heterocycles. The Labute approximate surface area is 181 Å². The monoisotopic (exact) mass is 436 g/mol. The van der Waals surface area contributed by atoms with Gasteiger partial charge < -0.3 is 10.3 Å². The molecule has 4 N–H and O–H groups in total. The first-order valence-electron chi connectivity index (χ1n) is 9.78. The van der Waals surface area contributed by atoms with Crippen molar-refractivity contribution in [3.63, 3.8) is 0 Å². The number of nitrogens with one attached hydrogen (secondary N) is 2. The number of rotatable bonds is 3. The van der Waals surface area contributed by atoms with Crippen molar-refractivity contribution in [2.24, 2.45) is 5.14 Å². The van der Waals surface area contributed by atoms with Crippen LogP contribution in [0.15, 0.2) is 71.9 Å². The quantitative estimate of drug-likeness (QED) is 0.454. The van der Waals surface area contributed by atoms with Crippen molar-refractivity contribution in [3.8, 4) is 22.3 Å². The molecule has 5 rings (SSSR count). The molecule has 6 nitrogen and oxygen atoms in total. The van der Waals surface area contributed by atoms with E-state index in [-0.39, 0.29) is 11.7 Å².